The van der Waals surface area contributed by atoms with Crippen LogP contribution in [0.1, 0.15) is 18.9 Å². The molecule has 134 valence electrons. The zero-order valence-corrected chi connectivity index (χ0v) is 15.7. The first kappa shape index (κ1) is 20.9. The molecule has 0 aliphatic carbocycles. The Labute approximate surface area is 155 Å². The number of fused-ring (bicyclic) bond motifs is 1. The Bertz CT molecular complexity index is 748. The van der Waals surface area contributed by atoms with Crippen LogP contribution < -0.4 is 17.7 Å². The topological polar surface area (TPSA) is 46.2 Å². The van der Waals surface area contributed by atoms with E-state index in [0.29, 0.717) is 0 Å². The summed E-state index contributed by atoms with van der Waals surface area (Å²) in [6.45, 7) is 4.58. The van der Waals surface area contributed by atoms with Gasteiger partial charge in [-0.2, -0.15) is 0 Å². The number of carbonyl (C=O) groups excluding carboxylic acids is 2. The van der Waals surface area contributed by atoms with Crippen molar-refractivity contribution in [2.75, 3.05) is 20.6 Å². The average molecular weight is 361 g/mol. The summed E-state index contributed by atoms with van der Waals surface area (Å²) < 4.78 is 1.06. The van der Waals surface area contributed by atoms with Crippen LogP contribution in [0.15, 0.2) is 54.6 Å². The van der Waals surface area contributed by atoms with Crippen LogP contribution in [-0.4, -0.2) is 36.9 Å². The van der Waals surface area contributed by atoms with E-state index in [-0.39, 0.29) is 24.2 Å². The van der Waals surface area contributed by atoms with E-state index in [1.54, 1.807) is 0 Å². The molecule has 0 spiro atoms. The Morgan fingerprint density at radius 2 is 1.52 bits per heavy atom. The molecule has 0 aromatic heterocycles. The molecular weight excluding hydrogens is 336 g/mol. The summed E-state index contributed by atoms with van der Waals surface area (Å²) in [4.78, 5) is 20.1. The first-order valence-corrected chi connectivity index (χ1v) is 8.23. The van der Waals surface area contributed by atoms with E-state index >= 15 is 0 Å². The number of halogens is 1. The Kier molecular flexibility index (Phi) is 7.81. The Balaban J connectivity index is 0.000000330. The second-order valence-corrected chi connectivity index (χ2v) is 6.64. The van der Waals surface area contributed by atoms with Gasteiger partial charge in [0.2, 0.25) is 0 Å². The molecule has 0 radical (unpaired) electrons. The van der Waals surface area contributed by atoms with Crippen molar-refractivity contribution in [2.45, 2.75) is 19.9 Å². The zero-order valence-electron chi connectivity index (χ0n) is 15.0. The maximum atomic E-state index is 10.0. The van der Waals surface area contributed by atoms with Crippen molar-refractivity contribution in [3.8, 4) is 0 Å². The SMILES string of the molecule is CCC[N+](C)(C)Cc1cccc2ccccc12.O=C1C=CC(=O)N1.[Cl-]. The molecule has 2 aromatic carbocycles. The van der Waals surface area contributed by atoms with Crippen LogP contribution in [0, 0.1) is 0 Å². The van der Waals surface area contributed by atoms with Crippen molar-refractivity contribution in [1.82, 2.24) is 5.32 Å². The number of hydrogen-bond acceptors (Lipinski definition) is 2. The van der Waals surface area contributed by atoms with Crippen LogP contribution in [0.3, 0.4) is 0 Å². The number of nitrogens with zero attached hydrogens (tertiary/aromatic N) is 1. The van der Waals surface area contributed by atoms with Crippen LogP contribution in [0.25, 0.3) is 10.8 Å². The monoisotopic (exact) mass is 360 g/mol. The number of carbonyl (C=O) groups is 2. The molecular formula is C20H25ClN2O2. The molecule has 0 saturated carbocycles. The van der Waals surface area contributed by atoms with Gasteiger partial charge in [0.15, 0.2) is 0 Å². The first-order valence-electron chi connectivity index (χ1n) is 8.23. The van der Waals surface area contributed by atoms with Crippen LogP contribution in [0.4, 0.5) is 0 Å². The molecule has 1 N–H and O–H groups in total. The molecule has 5 heteroatoms. The summed E-state index contributed by atoms with van der Waals surface area (Å²) in [6, 6.07) is 15.3. The molecule has 2 aromatic rings. The van der Waals surface area contributed by atoms with Gasteiger partial charge in [-0.3, -0.25) is 14.9 Å². The standard InChI is InChI=1S/C16H22N.C4H3NO2.ClH/c1-4-12-17(2,3)13-15-10-7-9-14-8-5-6-11-16(14)15;6-3-1-2-4(7)5-3;/h5-11H,4,12-13H2,1-3H3;1-2H,(H,5,6,7);1H/q+1;;/p-1. The predicted octanol–water partition coefficient (Wildman–Crippen LogP) is 0.0292. The quantitative estimate of drug-likeness (QED) is 0.617. The van der Waals surface area contributed by atoms with Crippen LogP contribution in [0.5, 0.6) is 0 Å². The fourth-order valence-corrected chi connectivity index (χ4v) is 2.93. The number of benzene rings is 2. The van der Waals surface area contributed by atoms with Crippen LogP contribution in [-0.2, 0) is 16.1 Å². The van der Waals surface area contributed by atoms with E-state index in [2.05, 4.69) is 63.5 Å². The summed E-state index contributed by atoms with van der Waals surface area (Å²) in [7, 11) is 4.62. The molecule has 4 nitrogen and oxygen atoms in total. The predicted molar refractivity (Wildman–Crippen MR) is 97.2 cm³/mol. The van der Waals surface area contributed by atoms with Crippen LogP contribution >= 0.6 is 0 Å². The molecule has 25 heavy (non-hydrogen) atoms. The highest BCUT2D eigenvalue weighted by Gasteiger charge is 2.15. The van der Waals surface area contributed by atoms with Gasteiger partial charge < -0.3 is 16.9 Å². The number of amides is 2. The highest BCUT2D eigenvalue weighted by molar-refractivity contribution is 6.12. The van der Waals surface area contributed by atoms with Crippen LogP contribution in [0.2, 0.25) is 0 Å². The first-order chi connectivity index (χ1) is 11.4. The van der Waals surface area contributed by atoms with Gasteiger partial charge in [0, 0.05) is 17.7 Å². The average Bonchev–Trinajstić information content (AvgIpc) is 2.91. The summed E-state index contributed by atoms with van der Waals surface area (Å²) in [5.41, 5.74) is 1.46. The van der Waals surface area contributed by atoms with Crippen molar-refractivity contribution in [2.24, 2.45) is 0 Å². The number of rotatable bonds is 4. The normalized spacial score (nSPS) is 13.1. The van der Waals surface area contributed by atoms with E-state index in [1.165, 1.54) is 41.5 Å². The molecule has 1 heterocycles. The maximum Gasteiger partial charge on any atom is 0.250 e. The molecule has 3 rings (SSSR count). The zero-order chi connectivity index (χ0) is 17.6. The van der Waals surface area contributed by atoms with Gasteiger partial charge in [-0.1, -0.05) is 49.4 Å². The van der Waals surface area contributed by atoms with E-state index in [1.807, 2.05) is 5.32 Å². The van der Waals surface area contributed by atoms with Gasteiger partial charge in [0.1, 0.15) is 6.54 Å². The van der Waals surface area contributed by atoms with E-state index in [4.69, 9.17) is 0 Å². The largest absolute Gasteiger partial charge is 1.00 e. The number of nitrogens with one attached hydrogen (secondary N) is 1. The van der Waals surface area contributed by atoms with Crippen molar-refractivity contribution < 1.29 is 26.5 Å². The lowest BCUT2D eigenvalue weighted by atomic mass is 10.0. The summed E-state index contributed by atoms with van der Waals surface area (Å²) in [5.74, 6) is -0.657. The van der Waals surface area contributed by atoms with Gasteiger partial charge >= 0.3 is 0 Å². The Morgan fingerprint density at radius 3 is 2.08 bits per heavy atom. The Morgan fingerprint density at radius 1 is 0.920 bits per heavy atom. The molecule has 0 saturated heterocycles. The highest BCUT2D eigenvalue weighted by atomic mass is 35.5. The van der Waals surface area contributed by atoms with Crippen molar-refractivity contribution in [1.29, 1.82) is 0 Å². The molecule has 2 amide bonds. The molecule has 0 atom stereocenters. The van der Waals surface area contributed by atoms with Gasteiger partial charge in [-0.05, 0) is 17.2 Å². The highest BCUT2D eigenvalue weighted by Crippen LogP contribution is 2.21. The van der Waals surface area contributed by atoms with E-state index in [9.17, 15) is 9.59 Å². The van der Waals surface area contributed by atoms with Gasteiger partial charge in [-0.15, -0.1) is 0 Å². The number of imide groups is 1. The second kappa shape index (κ2) is 9.35. The van der Waals surface area contributed by atoms with Gasteiger partial charge in [0.25, 0.3) is 11.8 Å². The smallest absolute Gasteiger partial charge is 0.250 e. The van der Waals surface area contributed by atoms with Crippen molar-refractivity contribution in [3.63, 3.8) is 0 Å². The molecule has 0 bridgehead atoms. The van der Waals surface area contributed by atoms with Crippen molar-refractivity contribution in [3.05, 3.63) is 60.2 Å². The number of quaternary nitrogens is 1. The van der Waals surface area contributed by atoms with E-state index in [0.717, 1.165) is 11.0 Å². The van der Waals surface area contributed by atoms with Crippen molar-refractivity contribution >= 4 is 22.6 Å². The second-order valence-electron chi connectivity index (χ2n) is 6.64. The lowest BCUT2D eigenvalue weighted by molar-refractivity contribution is -0.903. The third-order valence-corrected chi connectivity index (χ3v) is 3.94. The lowest BCUT2D eigenvalue weighted by Crippen LogP contribution is -3.00. The summed E-state index contributed by atoms with van der Waals surface area (Å²) in [6.07, 6.45) is 3.63. The summed E-state index contributed by atoms with van der Waals surface area (Å²) in [5, 5.41) is 4.78. The third-order valence-electron chi connectivity index (χ3n) is 3.94. The molecule has 1 aliphatic heterocycles. The minimum atomic E-state index is -0.329. The molecule has 1 aliphatic rings. The minimum Gasteiger partial charge on any atom is -1.00 e. The fourth-order valence-electron chi connectivity index (χ4n) is 2.93. The van der Waals surface area contributed by atoms with Gasteiger partial charge in [-0.25, -0.2) is 0 Å². The van der Waals surface area contributed by atoms with E-state index < -0.39 is 0 Å². The minimum absolute atomic E-state index is 0. The fraction of sp³-hybridized carbons (Fsp3) is 0.300. The van der Waals surface area contributed by atoms with Gasteiger partial charge in [0.05, 0.1) is 20.6 Å². The molecule has 0 fully saturated rings. The lowest BCUT2D eigenvalue weighted by Gasteiger charge is -2.30. The third kappa shape index (κ3) is 6.33. The Hall–Kier alpha value is -2.17. The summed E-state index contributed by atoms with van der Waals surface area (Å²) >= 11 is 0. The number of hydrogen-bond donors (Lipinski definition) is 1. The maximum absolute atomic E-state index is 10.0. The molecule has 0 unspecified atom stereocenters.